The zero-order valence-electron chi connectivity index (χ0n) is 49.4. The first-order valence-electron chi connectivity index (χ1n) is 30.4. The molecule has 82 heavy (non-hydrogen) atoms. The average Bonchev–Trinajstić information content (AvgIpc) is 3.57. The molecule has 9 rings (SSSR count). The van der Waals surface area contributed by atoms with Crippen LogP contribution in [0.2, 0.25) is 0 Å². The number of benzene rings is 6. The molecule has 6 nitrogen and oxygen atoms in total. The predicted octanol–water partition coefficient (Wildman–Crippen LogP) is 18.4. The van der Waals surface area contributed by atoms with Gasteiger partial charge in [-0.15, -0.1) is 0 Å². The van der Waals surface area contributed by atoms with Gasteiger partial charge in [0, 0.05) is 94.5 Å². The van der Waals surface area contributed by atoms with Crippen LogP contribution in [0.3, 0.4) is 0 Å². The smallest absolute Gasteiger partial charge is 0.0396 e. The lowest BCUT2D eigenvalue weighted by atomic mass is 9.72. The molecule has 0 N–H and O–H groups in total. The first kappa shape index (κ1) is 58.8. The Morgan fingerprint density at radius 1 is 0.305 bits per heavy atom. The van der Waals surface area contributed by atoms with Gasteiger partial charge in [0.1, 0.15) is 0 Å². The molecule has 0 aliphatic carbocycles. The first-order chi connectivity index (χ1) is 40.3. The van der Waals surface area contributed by atoms with Gasteiger partial charge < -0.3 is 14.7 Å². The second-order valence-electron chi connectivity index (χ2n) is 23.6. The molecule has 0 bridgehead atoms. The number of hydrogen-bond donors (Lipinski definition) is 0. The lowest BCUT2D eigenvalue weighted by Crippen LogP contribution is -2.35. The molecule has 0 spiro atoms. The van der Waals surface area contributed by atoms with Crippen molar-refractivity contribution in [3.8, 4) is 0 Å². The summed E-state index contributed by atoms with van der Waals surface area (Å²) >= 11 is 0. The highest BCUT2D eigenvalue weighted by Gasteiger charge is 2.33. The summed E-state index contributed by atoms with van der Waals surface area (Å²) in [6, 6.07) is 82.0. The molecule has 9 atom stereocenters. The van der Waals surface area contributed by atoms with E-state index in [1.54, 1.807) is 0 Å². The Bertz CT molecular complexity index is 3120. The number of anilines is 3. The molecule has 0 fully saturated rings. The quantitative estimate of drug-likeness (QED) is 0.0432. The highest BCUT2D eigenvalue weighted by Crippen LogP contribution is 2.46. The molecular formula is C76H88N6. The number of hydrogen-bond acceptors (Lipinski definition) is 6. The minimum absolute atomic E-state index is 0.213. The first-order valence-corrected chi connectivity index (χ1v) is 30.4. The van der Waals surface area contributed by atoms with Crippen molar-refractivity contribution >= 4 is 17.1 Å². The van der Waals surface area contributed by atoms with Crippen LogP contribution in [0.15, 0.2) is 256 Å². The summed E-state index contributed by atoms with van der Waals surface area (Å²) in [5.41, 5.74) is 12.2. The molecule has 3 aromatic heterocycles. The normalized spacial score (nSPS) is 14.7. The minimum atomic E-state index is 0.213. The van der Waals surface area contributed by atoms with Crippen LogP contribution in [-0.4, -0.2) is 55.2 Å². The lowest BCUT2D eigenvalue weighted by Gasteiger charge is -2.38. The Kier molecular flexibility index (Phi) is 22.1. The lowest BCUT2D eigenvalue weighted by molar-refractivity contribution is 0.353. The van der Waals surface area contributed by atoms with Gasteiger partial charge in [0.2, 0.25) is 0 Å². The molecular weight excluding hydrogens is 997 g/mol. The fourth-order valence-electron chi connectivity index (χ4n) is 13.4. The third-order valence-electron chi connectivity index (χ3n) is 17.8. The van der Waals surface area contributed by atoms with Crippen LogP contribution in [-0.2, 0) is 0 Å². The van der Waals surface area contributed by atoms with Crippen molar-refractivity contribution in [1.29, 1.82) is 0 Å². The van der Waals surface area contributed by atoms with E-state index in [0.29, 0.717) is 41.4 Å². The Hall–Kier alpha value is -7.83. The summed E-state index contributed by atoms with van der Waals surface area (Å²) in [5, 5.41) is 0. The van der Waals surface area contributed by atoms with Crippen molar-refractivity contribution in [2.24, 2.45) is 11.8 Å². The van der Waals surface area contributed by atoms with Crippen LogP contribution >= 0.6 is 0 Å². The molecule has 0 amide bonds. The molecule has 9 unspecified atom stereocenters. The summed E-state index contributed by atoms with van der Waals surface area (Å²) < 4.78 is 0. The van der Waals surface area contributed by atoms with E-state index in [9.17, 15) is 0 Å². The van der Waals surface area contributed by atoms with Gasteiger partial charge in [0.25, 0.3) is 0 Å². The molecule has 3 heterocycles. The van der Waals surface area contributed by atoms with Gasteiger partial charge in [-0.1, -0.05) is 202 Å². The van der Waals surface area contributed by atoms with Crippen molar-refractivity contribution < 1.29 is 0 Å². The molecule has 0 saturated carbocycles. The van der Waals surface area contributed by atoms with Gasteiger partial charge in [-0.3, -0.25) is 15.0 Å². The van der Waals surface area contributed by atoms with Crippen LogP contribution in [0.25, 0.3) is 0 Å². The average molecular weight is 1090 g/mol. The largest absolute Gasteiger partial charge is 0.374 e. The van der Waals surface area contributed by atoms with E-state index < -0.39 is 0 Å². The summed E-state index contributed by atoms with van der Waals surface area (Å²) in [7, 11) is 6.81. The fraction of sp³-hybridized carbons (Fsp3) is 0.329. The summed E-state index contributed by atoms with van der Waals surface area (Å²) in [6.45, 7) is 6.80. The summed E-state index contributed by atoms with van der Waals surface area (Å²) in [4.78, 5) is 20.6. The highest BCUT2D eigenvalue weighted by atomic mass is 15.1. The zero-order chi connectivity index (χ0) is 56.7. The van der Waals surface area contributed by atoms with Gasteiger partial charge in [-0.05, 0) is 168 Å². The Morgan fingerprint density at radius 3 is 0.890 bits per heavy atom. The predicted molar refractivity (Wildman–Crippen MR) is 346 cm³/mol. The maximum absolute atomic E-state index is 4.52. The van der Waals surface area contributed by atoms with E-state index in [0.717, 1.165) is 70.9 Å². The van der Waals surface area contributed by atoms with Gasteiger partial charge in [0.05, 0.1) is 0 Å². The molecule has 0 radical (unpaired) electrons. The molecule has 9 aromatic rings. The van der Waals surface area contributed by atoms with Crippen molar-refractivity contribution in [2.45, 2.75) is 113 Å². The topological polar surface area (TPSA) is 48.4 Å². The van der Waals surface area contributed by atoms with E-state index in [1.165, 1.54) is 50.4 Å². The summed E-state index contributed by atoms with van der Waals surface area (Å²) in [5.74, 6) is 2.97. The third-order valence-corrected chi connectivity index (χ3v) is 17.8. The Balaban J connectivity index is 1.06. The van der Waals surface area contributed by atoms with Crippen LogP contribution in [0.5, 0.6) is 0 Å². The van der Waals surface area contributed by atoms with Crippen LogP contribution in [0.4, 0.5) is 17.1 Å². The highest BCUT2D eigenvalue weighted by molar-refractivity contribution is 5.46. The SMILES string of the molecule is CCC(CC(CC(CC(CC(CC(CC(CC(CC(C)CN(C)c1ccncc1)c1ccccc1)c1ccccc1)c1ccccc1)c1ccccc1)N(C)c1ccncc1)c1ccccc1)c1ccccc1)CN(C)c1ccncc1. The van der Waals surface area contributed by atoms with E-state index in [4.69, 9.17) is 0 Å². The molecule has 0 aliphatic rings. The molecule has 0 aliphatic heterocycles. The van der Waals surface area contributed by atoms with Gasteiger partial charge >= 0.3 is 0 Å². The van der Waals surface area contributed by atoms with E-state index >= 15 is 0 Å². The monoisotopic (exact) mass is 1080 g/mol. The van der Waals surface area contributed by atoms with Gasteiger partial charge in [-0.2, -0.15) is 0 Å². The van der Waals surface area contributed by atoms with Crippen molar-refractivity contribution in [3.05, 3.63) is 289 Å². The maximum atomic E-state index is 4.52. The van der Waals surface area contributed by atoms with E-state index in [1.807, 2.05) is 37.2 Å². The second kappa shape index (κ2) is 30.8. The van der Waals surface area contributed by atoms with E-state index in [2.05, 4.69) is 283 Å². The van der Waals surface area contributed by atoms with Gasteiger partial charge in [0.15, 0.2) is 0 Å². The van der Waals surface area contributed by atoms with Crippen LogP contribution in [0.1, 0.15) is 141 Å². The number of nitrogens with zero attached hydrogens (tertiary/aromatic N) is 6. The van der Waals surface area contributed by atoms with Crippen LogP contribution in [0, 0.1) is 11.8 Å². The van der Waals surface area contributed by atoms with Crippen molar-refractivity contribution in [2.75, 3.05) is 48.9 Å². The van der Waals surface area contributed by atoms with Crippen molar-refractivity contribution in [1.82, 2.24) is 15.0 Å². The third kappa shape index (κ3) is 17.1. The summed E-state index contributed by atoms with van der Waals surface area (Å²) in [6.07, 6.45) is 21.1. The van der Waals surface area contributed by atoms with Crippen LogP contribution < -0.4 is 14.7 Å². The number of aromatic nitrogens is 3. The molecule has 6 aromatic carbocycles. The van der Waals surface area contributed by atoms with Crippen molar-refractivity contribution in [3.63, 3.8) is 0 Å². The standard InChI is InChI=1S/C76H88N6/c1-6-60(58-81(4)74-39-45-78-46-40-74)50-68(62-27-15-8-16-28-62)52-71(65-33-21-11-22-34-65)55-76(82(5)75-41-47-79-48-42-75)56-72(66-35-23-12-24-36-66)54-70(64-31-19-10-20-32-64)53-69(63-29-17-9-18-30-63)51-67(61-25-13-7-14-26-61)49-59(2)57-80(3)73-37-43-77-44-38-73/h7-48,59-60,67-72,76H,6,49-58H2,1-5H3. The Morgan fingerprint density at radius 2 is 0.573 bits per heavy atom. The minimum Gasteiger partial charge on any atom is -0.374 e. The van der Waals surface area contributed by atoms with E-state index in [-0.39, 0.29) is 12.0 Å². The second-order valence-corrected chi connectivity index (χ2v) is 23.6. The number of pyridine rings is 3. The fourth-order valence-corrected chi connectivity index (χ4v) is 13.4. The molecule has 422 valence electrons. The van der Waals surface area contributed by atoms with Gasteiger partial charge in [-0.25, -0.2) is 0 Å². The number of rotatable bonds is 31. The Labute approximate surface area is 492 Å². The zero-order valence-corrected chi connectivity index (χ0v) is 49.4. The maximum Gasteiger partial charge on any atom is 0.0396 e. The molecule has 0 saturated heterocycles. The molecule has 6 heteroatoms.